The second-order valence-electron chi connectivity index (χ2n) is 3.85. The van der Waals surface area contributed by atoms with E-state index in [9.17, 15) is 14.9 Å². The minimum Gasteiger partial charge on any atom is -0.316 e. The topological polar surface area (TPSA) is 72.2 Å². The molecule has 0 fully saturated rings. The molecule has 20 heavy (non-hydrogen) atoms. The SMILES string of the molecule is O=C(Nc1ccc(Br)cc1[N+](=O)[O-])c1ccccc1Br. The molecule has 0 atom stereocenters. The van der Waals surface area contributed by atoms with Gasteiger partial charge in [-0.2, -0.15) is 0 Å². The molecule has 0 bridgehead atoms. The van der Waals surface area contributed by atoms with Crippen LogP contribution in [0.15, 0.2) is 51.4 Å². The molecule has 2 aromatic carbocycles. The van der Waals surface area contributed by atoms with Gasteiger partial charge in [-0.1, -0.05) is 28.1 Å². The molecule has 1 amide bonds. The molecule has 2 aromatic rings. The summed E-state index contributed by atoms with van der Waals surface area (Å²) in [5.41, 5.74) is 0.392. The van der Waals surface area contributed by atoms with Gasteiger partial charge in [-0.3, -0.25) is 14.9 Å². The van der Waals surface area contributed by atoms with Crippen molar-refractivity contribution in [3.05, 3.63) is 67.1 Å². The number of amides is 1. The Morgan fingerprint density at radius 3 is 2.50 bits per heavy atom. The number of carbonyl (C=O) groups is 1. The highest BCUT2D eigenvalue weighted by Gasteiger charge is 2.18. The number of anilines is 1. The number of carbonyl (C=O) groups excluding carboxylic acids is 1. The fourth-order valence-electron chi connectivity index (χ4n) is 1.60. The van der Waals surface area contributed by atoms with Crippen molar-refractivity contribution in [3.63, 3.8) is 0 Å². The van der Waals surface area contributed by atoms with E-state index in [4.69, 9.17) is 0 Å². The van der Waals surface area contributed by atoms with Crippen LogP contribution in [0.2, 0.25) is 0 Å². The number of benzene rings is 2. The number of nitrogens with one attached hydrogen (secondary N) is 1. The Morgan fingerprint density at radius 2 is 1.85 bits per heavy atom. The van der Waals surface area contributed by atoms with Gasteiger partial charge >= 0.3 is 0 Å². The molecule has 0 unspecified atom stereocenters. The Balaban J connectivity index is 2.33. The summed E-state index contributed by atoms with van der Waals surface area (Å²) in [5.74, 6) is -0.414. The molecule has 0 radical (unpaired) electrons. The number of rotatable bonds is 3. The van der Waals surface area contributed by atoms with Crippen molar-refractivity contribution in [2.24, 2.45) is 0 Å². The molecule has 0 aromatic heterocycles. The van der Waals surface area contributed by atoms with Crippen LogP contribution in [-0.4, -0.2) is 10.8 Å². The van der Waals surface area contributed by atoms with E-state index in [2.05, 4.69) is 37.2 Å². The van der Waals surface area contributed by atoms with Crippen molar-refractivity contribution in [2.75, 3.05) is 5.32 Å². The summed E-state index contributed by atoms with van der Waals surface area (Å²) in [7, 11) is 0. The molecule has 0 heterocycles. The Hall–Kier alpha value is -1.73. The van der Waals surface area contributed by atoms with Gasteiger partial charge in [0.1, 0.15) is 5.69 Å². The third kappa shape index (κ3) is 3.23. The van der Waals surface area contributed by atoms with E-state index in [1.165, 1.54) is 12.1 Å². The van der Waals surface area contributed by atoms with Gasteiger partial charge in [0.05, 0.1) is 10.5 Å². The number of nitro groups is 1. The van der Waals surface area contributed by atoms with Gasteiger partial charge < -0.3 is 5.32 Å². The zero-order valence-corrected chi connectivity index (χ0v) is 13.1. The average Bonchev–Trinajstić information content (AvgIpc) is 2.41. The third-order valence-electron chi connectivity index (χ3n) is 2.52. The molecule has 0 aliphatic heterocycles. The van der Waals surface area contributed by atoms with Crippen LogP contribution in [0.5, 0.6) is 0 Å². The van der Waals surface area contributed by atoms with Crippen LogP contribution in [-0.2, 0) is 0 Å². The summed E-state index contributed by atoms with van der Waals surface area (Å²) in [4.78, 5) is 22.6. The number of halogens is 2. The Morgan fingerprint density at radius 1 is 1.15 bits per heavy atom. The lowest BCUT2D eigenvalue weighted by Crippen LogP contribution is -2.13. The van der Waals surface area contributed by atoms with E-state index in [1.807, 2.05) is 0 Å². The maximum absolute atomic E-state index is 12.1. The second kappa shape index (κ2) is 6.15. The highest BCUT2D eigenvalue weighted by atomic mass is 79.9. The first-order valence-electron chi connectivity index (χ1n) is 5.49. The normalized spacial score (nSPS) is 10.1. The van der Waals surface area contributed by atoms with Crippen molar-refractivity contribution < 1.29 is 9.72 Å². The Kier molecular flexibility index (Phi) is 4.51. The number of nitro benzene ring substituents is 1. The van der Waals surface area contributed by atoms with Crippen LogP contribution < -0.4 is 5.32 Å². The van der Waals surface area contributed by atoms with Gasteiger partial charge in [0.15, 0.2) is 0 Å². The lowest BCUT2D eigenvalue weighted by Gasteiger charge is -2.07. The van der Waals surface area contributed by atoms with E-state index in [0.717, 1.165) is 0 Å². The smallest absolute Gasteiger partial charge is 0.293 e. The average molecular weight is 400 g/mol. The lowest BCUT2D eigenvalue weighted by molar-refractivity contribution is -0.384. The fraction of sp³-hybridized carbons (Fsp3) is 0. The Labute approximate surface area is 131 Å². The van der Waals surface area contributed by atoms with Crippen LogP contribution in [0.1, 0.15) is 10.4 Å². The predicted octanol–water partition coefficient (Wildman–Crippen LogP) is 4.37. The fourth-order valence-corrected chi connectivity index (χ4v) is 2.41. The van der Waals surface area contributed by atoms with E-state index >= 15 is 0 Å². The zero-order valence-electron chi connectivity index (χ0n) is 9.97. The van der Waals surface area contributed by atoms with Crippen LogP contribution in [0.4, 0.5) is 11.4 Å². The van der Waals surface area contributed by atoms with Crippen molar-refractivity contribution in [1.29, 1.82) is 0 Å². The molecule has 0 aliphatic rings. The predicted molar refractivity (Wildman–Crippen MR) is 82.9 cm³/mol. The van der Waals surface area contributed by atoms with Gasteiger partial charge in [0.2, 0.25) is 0 Å². The number of hydrogen-bond donors (Lipinski definition) is 1. The highest BCUT2D eigenvalue weighted by Crippen LogP contribution is 2.29. The van der Waals surface area contributed by atoms with Crippen LogP contribution in [0.3, 0.4) is 0 Å². The van der Waals surface area contributed by atoms with Crippen molar-refractivity contribution >= 4 is 49.1 Å². The first kappa shape index (κ1) is 14.7. The zero-order chi connectivity index (χ0) is 14.7. The molecule has 0 aliphatic carbocycles. The summed E-state index contributed by atoms with van der Waals surface area (Å²) < 4.78 is 1.19. The molecule has 1 N–H and O–H groups in total. The minimum absolute atomic E-state index is 0.152. The minimum atomic E-state index is -0.541. The molecular weight excluding hydrogens is 392 g/mol. The number of nitrogens with zero attached hydrogens (tertiary/aromatic N) is 1. The van der Waals surface area contributed by atoms with Gasteiger partial charge in [-0.15, -0.1) is 0 Å². The Bertz CT molecular complexity index is 689. The van der Waals surface area contributed by atoms with Crippen LogP contribution in [0.25, 0.3) is 0 Å². The highest BCUT2D eigenvalue weighted by molar-refractivity contribution is 9.10. The summed E-state index contributed by atoms with van der Waals surface area (Å²) >= 11 is 6.43. The maximum atomic E-state index is 12.1. The van der Waals surface area contributed by atoms with Crippen molar-refractivity contribution in [3.8, 4) is 0 Å². The molecule has 7 heteroatoms. The first-order chi connectivity index (χ1) is 9.49. The third-order valence-corrected chi connectivity index (χ3v) is 3.71. The number of hydrogen-bond acceptors (Lipinski definition) is 3. The molecular formula is C13H8Br2N2O3. The maximum Gasteiger partial charge on any atom is 0.293 e. The van der Waals surface area contributed by atoms with Crippen LogP contribution in [0, 0.1) is 10.1 Å². The monoisotopic (exact) mass is 398 g/mol. The largest absolute Gasteiger partial charge is 0.316 e. The molecule has 0 saturated carbocycles. The molecule has 0 saturated heterocycles. The quantitative estimate of drug-likeness (QED) is 0.615. The van der Waals surface area contributed by atoms with E-state index in [0.29, 0.717) is 14.5 Å². The van der Waals surface area contributed by atoms with Gasteiger partial charge in [0, 0.05) is 15.0 Å². The van der Waals surface area contributed by atoms with Gasteiger partial charge in [-0.25, -0.2) is 0 Å². The summed E-state index contributed by atoms with van der Waals surface area (Å²) in [6.45, 7) is 0. The molecule has 102 valence electrons. The second-order valence-corrected chi connectivity index (χ2v) is 5.62. The standard InChI is InChI=1S/C13H8Br2N2O3/c14-8-5-6-11(12(7-8)17(19)20)16-13(18)9-3-1-2-4-10(9)15/h1-7H,(H,16,18). The van der Waals surface area contributed by atoms with E-state index in [-0.39, 0.29) is 11.4 Å². The summed E-state index contributed by atoms with van der Waals surface area (Å²) in [5, 5.41) is 13.5. The summed E-state index contributed by atoms with van der Waals surface area (Å²) in [6, 6.07) is 11.3. The summed E-state index contributed by atoms with van der Waals surface area (Å²) in [6.07, 6.45) is 0. The van der Waals surface area contributed by atoms with Crippen molar-refractivity contribution in [2.45, 2.75) is 0 Å². The van der Waals surface area contributed by atoms with E-state index < -0.39 is 10.8 Å². The molecule has 0 spiro atoms. The molecule has 5 nitrogen and oxygen atoms in total. The molecule has 2 rings (SSSR count). The lowest BCUT2D eigenvalue weighted by atomic mass is 10.2. The van der Waals surface area contributed by atoms with Gasteiger partial charge in [0.25, 0.3) is 11.6 Å². The first-order valence-corrected chi connectivity index (χ1v) is 7.07. The van der Waals surface area contributed by atoms with E-state index in [1.54, 1.807) is 30.3 Å². The van der Waals surface area contributed by atoms with Crippen molar-refractivity contribution in [1.82, 2.24) is 0 Å². The van der Waals surface area contributed by atoms with Gasteiger partial charge in [-0.05, 0) is 40.2 Å². The van der Waals surface area contributed by atoms with Crippen LogP contribution >= 0.6 is 31.9 Å².